The summed E-state index contributed by atoms with van der Waals surface area (Å²) in [7, 11) is 0. The molecular formula is C9H9ClF3NO. The van der Waals surface area contributed by atoms with Crippen LogP contribution in [0.15, 0.2) is 18.2 Å². The second kappa shape index (κ2) is 4.38. The molecule has 2 N–H and O–H groups in total. The molecule has 15 heavy (non-hydrogen) atoms. The van der Waals surface area contributed by atoms with Crippen molar-refractivity contribution in [2.45, 2.75) is 19.2 Å². The van der Waals surface area contributed by atoms with Crippen LogP contribution in [0, 0.1) is 0 Å². The maximum atomic E-state index is 12.4. The van der Waals surface area contributed by atoms with Crippen molar-refractivity contribution in [3.8, 4) is 0 Å². The molecule has 0 aliphatic rings. The van der Waals surface area contributed by atoms with E-state index in [9.17, 15) is 13.2 Å². The fourth-order valence-electron chi connectivity index (χ4n) is 1.10. The van der Waals surface area contributed by atoms with Gasteiger partial charge < -0.3 is 0 Å². The first-order valence-corrected chi connectivity index (χ1v) is 4.46. The van der Waals surface area contributed by atoms with Gasteiger partial charge in [0, 0.05) is 10.6 Å². The molecule has 84 valence electrons. The Hall–Kier alpha value is -0.780. The van der Waals surface area contributed by atoms with Crippen molar-refractivity contribution in [2.24, 2.45) is 5.90 Å². The highest BCUT2D eigenvalue weighted by atomic mass is 35.5. The summed E-state index contributed by atoms with van der Waals surface area (Å²) < 4.78 is 37.1. The Bertz CT molecular complexity index is 354. The molecule has 0 saturated heterocycles. The van der Waals surface area contributed by atoms with E-state index < -0.39 is 17.8 Å². The molecule has 0 radical (unpaired) electrons. The van der Waals surface area contributed by atoms with Crippen molar-refractivity contribution in [1.82, 2.24) is 0 Å². The van der Waals surface area contributed by atoms with E-state index >= 15 is 0 Å². The van der Waals surface area contributed by atoms with Crippen LogP contribution in [0.1, 0.15) is 24.2 Å². The van der Waals surface area contributed by atoms with Gasteiger partial charge in [-0.1, -0.05) is 11.6 Å². The number of hydrogen-bond acceptors (Lipinski definition) is 2. The predicted molar refractivity (Wildman–Crippen MR) is 50.1 cm³/mol. The SMILES string of the molecule is CC(ON)c1cc(C(F)(F)F)ccc1Cl. The van der Waals surface area contributed by atoms with E-state index in [0.29, 0.717) is 0 Å². The summed E-state index contributed by atoms with van der Waals surface area (Å²) in [4.78, 5) is 4.43. The van der Waals surface area contributed by atoms with Crippen molar-refractivity contribution in [3.05, 3.63) is 34.3 Å². The van der Waals surface area contributed by atoms with E-state index in [1.807, 2.05) is 0 Å². The van der Waals surface area contributed by atoms with Crippen LogP contribution in [-0.4, -0.2) is 0 Å². The Morgan fingerprint density at radius 1 is 1.40 bits per heavy atom. The molecule has 0 aliphatic heterocycles. The van der Waals surface area contributed by atoms with Crippen molar-refractivity contribution < 1.29 is 18.0 Å². The van der Waals surface area contributed by atoms with Crippen LogP contribution in [0.25, 0.3) is 0 Å². The molecule has 0 spiro atoms. The minimum Gasteiger partial charge on any atom is -0.297 e. The van der Waals surface area contributed by atoms with E-state index in [2.05, 4.69) is 4.84 Å². The number of alkyl halides is 3. The van der Waals surface area contributed by atoms with Gasteiger partial charge in [-0.15, -0.1) is 0 Å². The quantitative estimate of drug-likeness (QED) is 0.804. The van der Waals surface area contributed by atoms with E-state index in [-0.39, 0.29) is 10.6 Å². The maximum absolute atomic E-state index is 12.4. The summed E-state index contributed by atoms with van der Waals surface area (Å²) in [5.41, 5.74) is -0.556. The normalized spacial score (nSPS) is 14.0. The van der Waals surface area contributed by atoms with E-state index in [1.165, 1.54) is 13.0 Å². The van der Waals surface area contributed by atoms with Gasteiger partial charge in [0.1, 0.15) is 6.10 Å². The zero-order chi connectivity index (χ0) is 11.6. The first-order chi connectivity index (χ1) is 6.86. The summed E-state index contributed by atoms with van der Waals surface area (Å²) in [5.74, 6) is 4.89. The Balaban J connectivity index is 3.17. The standard InChI is InChI=1S/C9H9ClF3NO/c1-5(15-14)7-4-6(9(11,12)13)2-3-8(7)10/h2-5H,14H2,1H3. The Morgan fingerprint density at radius 2 is 2.00 bits per heavy atom. The summed E-state index contributed by atoms with van der Waals surface area (Å²) in [6.07, 6.45) is -5.08. The summed E-state index contributed by atoms with van der Waals surface area (Å²) in [5, 5.41) is 0.195. The van der Waals surface area contributed by atoms with Crippen LogP contribution in [0.2, 0.25) is 5.02 Å². The summed E-state index contributed by atoms with van der Waals surface area (Å²) >= 11 is 5.72. The smallest absolute Gasteiger partial charge is 0.297 e. The van der Waals surface area contributed by atoms with Crippen LogP contribution in [0.4, 0.5) is 13.2 Å². The average molecular weight is 240 g/mol. The number of nitrogens with two attached hydrogens (primary N) is 1. The molecule has 2 nitrogen and oxygen atoms in total. The molecule has 0 bridgehead atoms. The zero-order valence-corrected chi connectivity index (χ0v) is 8.56. The van der Waals surface area contributed by atoms with Gasteiger partial charge in [0.25, 0.3) is 0 Å². The van der Waals surface area contributed by atoms with Crippen LogP contribution in [0.5, 0.6) is 0 Å². The van der Waals surface area contributed by atoms with Gasteiger partial charge in [-0.2, -0.15) is 13.2 Å². The van der Waals surface area contributed by atoms with Crippen LogP contribution >= 0.6 is 11.6 Å². The zero-order valence-electron chi connectivity index (χ0n) is 7.81. The molecule has 1 unspecified atom stereocenters. The highest BCUT2D eigenvalue weighted by Gasteiger charge is 2.31. The molecule has 1 aromatic carbocycles. The lowest BCUT2D eigenvalue weighted by atomic mass is 10.1. The third kappa shape index (κ3) is 2.84. The first-order valence-electron chi connectivity index (χ1n) is 4.08. The third-order valence-electron chi connectivity index (χ3n) is 1.97. The number of halogens is 4. The van der Waals surface area contributed by atoms with Crippen molar-refractivity contribution >= 4 is 11.6 Å². The topological polar surface area (TPSA) is 35.2 Å². The largest absolute Gasteiger partial charge is 0.416 e. The highest BCUT2D eigenvalue weighted by molar-refractivity contribution is 6.31. The second-order valence-corrected chi connectivity index (χ2v) is 3.42. The monoisotopic (exact) mass is 239 g/mol. The van der Waals surface area contributed by atoms with Crippen LogP contribution < -0.4 is 5.90 Å². The molecule has 1 rings (SSSR count). The lowest BCUT2D eigenvalue weighted by Gasteiger charge is -2.14. The molecule has 1 atom stereocenters. The Morgan fingerprint density at radius 3 is 2.47 bits per heavy atom. The lowest BCUT2D eigenvalue weighted by molar-refractivity contribution is -0.137. The van der Waals surface area contributed by atoms with Gasteiger partial charge in [0.15, 0.2) is 0 Å². The van der Waals surface area contributed by atoms with Crippen molar-refractivity contribution in [3.63, 3.8) is 0 Å². The highest BCUT2D eigenvalue weighted by Crippen LogP contribution is 2.34. The van der Waals surface area contributed by atoms with Crippen molar-refractivity contribution in [2.75, 3.05) is 0 Å². The summed E-state index contributed by atoms with van der Waals surface area (Å²) in [6.45, 7) is 1.52. The van der Waals surface area contributed by atoms with Crippen LogP contribution in [0.3, 0.4) is 0 Å². The van der Waals surface area contributed by atoms with Gasteiger partial charge >= 0.3 is 6.18 Å². The maximum Gasteiger partial charge on any atom is 0.416 e. The van der Waals surface area contributed by atoms with Crippen molar-refractivity contribution in [1.29, 1.82) is 0 Å². The summed E-state index contributed by atoms with van der Waals surface area (Å²) in [6, 6.07) is 3.02. The van der Waals surface area contributed by atoms with Gasteiger partial charge in [-0.05, 0) is 25.1 Å². The minimum absolute atomic E-state index is 0.195. The molecule has 0 saturated carbocycles. The molecule has 0 aliphatic carbocycles. The number of rotatable bonds is 2. The van der Waals surface area contributed by atoms with E-state index in [4.69, 9.17) is 17.5 Å². The fourth-order valence-corrected chi connectivity index (χ4v) is 1.38. The minimum atomic E-state index is -4.40. The molecule has 6 heteroatoms. The predicted octanol–water partition coefficient (Wildman–Crippen LogP) is 3.31. The Labute approximate surface area is 89.7 Å². The number of benzene rings is 1. The van der Waals surface area contributed by atoms with Gasteiger partial charge in [0.2, 0.25) is 0 Å². The first kappa shape index (κ1) is 12.3. The Kier molecular flexibility index (Phi) is 3.59. The molecule has 0 aromatic heterocycles. The van der Waals surface area contributed by atoms with E-state index in [0.717, 1.165) is 12.1 Å². The lowest BCUT2D eigenvalue weighted by Crippen LogP contribution is -2.09. The average Bonchev–Trinajstić information content (AvgIpc) is 2.15. The fraction of sp³-hybridized carbons (Fsp3) is 0.333. The van der Waals surface area contributed by atoms with Gasteiger partial charge in [-0.3, -0.25) is 4.84 Å². The second-order valence-electron chi connectivity index (χ2n) is 3.01. The molecule has 0 fully saturated rings. The van der Waals surface area contributed by atoms with Gasteiger partial charge in [-0.25, -0.2) is 5.90 Å². The van der Waals surface area contributed by atoms with E-state index in [1.54, 1.807) is 0 Å². The molecule has 0 amide bonds. The number of hydrogen-bond donors (Lipinski definition) is 1. The molecule has 0 heterocycles. The third-order valence-corrected chi connectivity index (χ3v) is 2.31. The van der Waals surface area contributed by atoms with Crippen LogP contribution in [-0.2, 0) is 11.0 Å². The molecular weight excluding hydrogens is 231 g/mol. The van der Waals surface area contributed by atoms with Gasteiger partial charge in [0.05, 0.1) is 5.56 Å². The molecule has 1 aromatic rings.